The molecule has 0 aromatic heterocycles. The molecule has 0 saturated heterocycles. The highest BCUT2D eigenvalue weighted by Crippen LogP contribution is 2.33. The van der Waals surface area contributed by atoms with Crippen LogP contribution in [-0.4, -0.2) is 30.3 Å². The second kappa shape index (κ2) is 6.88. The number of carbonyl (C=O) groups excluding carboxylic acids is 1. The molecule has 2 fully saturated rings. The van der Waals surface area contributed by atoms with Crippen molar-refractivity contribution in [1.29, 1.82) is 0 Å². The lowest BCUT2D eigenvalue weighted by Crippen LogP contribution is -2.40. The molecule has 2 rings (SSSR count). The Labute approximate surface area is 118 Å². The van der Waals surface area contributed by atoms with Gasteiger partial charge in [-0.1, -0.05) is 27.2 Å². The van der Waals surface area contributed by atoms with E-state index in [1.807, 2.05) is 0 Å². The first-order chi connectivity index (χ1) is 9.10. The molecule has 0 bridgehead atoms. The third kappa shape index (κ3) is 4.05. The van der Waals surface area contributed by atoms with Crippen molar-refractivity contribution in [3.63, 3.8) is 0 Å². The fourth-order valence-electron chi connectivity index (χ4n) is 3.61. The molecule has 2 aliphatic rings. The van der Waals surface area contributed by atoms with E-state index in [-0.39, 0.29) is 0 Å². The average molecular weight is 265 g/mol. The van der Waals surface area contributed by atoms with E-state index in [0.29, 0.717) is 11.7 Å². The summed E-state index contributed by atoms with van der Waals surface area (Å²) in [4.78, 5) is 14.7. The van der Waals surface area contributed by atoms with Gasteiger partial charge in [0.2, 0.25) is 0 Å². The topological polar surface area (TPSA) is 20.3 Å². The quantitative estimate of drug-likeness (QED) is 0.729. The zero-order valence-electron chi connectivity index (χ0n) is 13.0. The Kier molecular flexibility index (Phi) is 5.44. The molecule has 0 aliphatic heterocycles. The van der Waals surface area contributed by atoms with E-state index < -0.39 is 0 Å². The van der Waals surface area contributed by atoms with E-state index in [9.17, 15) is 4.79 Å². The van der Waals surface area contributed by atoms with Gasteiger partial charge < -0.3 is 4.90 Å². The average Bonchev–Trinajstić information content (AvgIpc) is 2.34. The van der Waals surface area contributed by atoms with Crippen LogP contribution in [0.3, 0.4) is 0 Å². The van der Waals surface area contributed by atoms with Gasteiger partial charge in [-0.3, -0.25) is 4.79 Å². The highest BCUT2D eigenvalue weighted by atomic mass is 16.1. The summed E-state index contributed by atoms with van der Waals surface area (Å²) < 4.78 is 0. The maximum atomic E-state index is 12.2. The Morgan fingerprint density at radius 3 is 2.47 bits per heavy atom. The molecular formula is C17H31NO. The number of hydrogen-bond acceptors (Lipinski definition) is 2. The van der Waals surface area contributed by atoms with Crippen LogP contribution in [0.5, 0.6) is 0 Å². The second-order valence-electron chi connectivity index (χ2n) is 7.09. The minimum atomic E-state index is 0.321. The third-order valence-electron chi connectivity index (χ3n) is 5.41. The summed E-state index contributed by atoms with van der Waals surface area (Å²) in [7, 11) is 0. The monoisotopic (exact) mass is 265 g/mol. The van der Waals surface area contributed by atoms with Crippen molar-refractivity contribution >= 4 is 5.78 Å². The molecule has 0 spiro atoms. The molecule has 110 valence electrons. The minimum absolute atomic E-state index is 0.321. The van der Waals surface area contributed by atoms with Crippen LogP contribution in [0.4, 0.5) is 0 Å². The van der Waals surface area contributed by atoms with Crippen LogP contribution in [0.15, 0.2) is 0 Å². The van der Waals surface area contributed by atoms with E-state index in [1.165, 1.54) is 25.8 Å². The van der Waals surface area contributed by atoms with Crippen molar-refractivity contribution < 1.29 is 4.79 Å². The van der Waals surface area contributed by atoms with Crippen molar-refractivity contribution in [2.45, 2.75) is 59.3 Å². The van der Waals surface area contributed by atoms with E-state index in [0.717, 1.165) is 50.1 Å². The van der Waals surface area contributed by atoms with Crippen LogP contribution in [0.1, 0.15) is 59.3 Å². The van der Waals surface area contributed by atoms with Gasteiger partial charge in [0, 0.05) is 25.4 Å². The zero-order chi connectivity index (χ0) is 13.8. The zero-order valence-corrected chi connectivity index (χ0v) is 13.0. The van der Waals surface area contributed by atoms with E-state index in [4.69, 9.17) is 0 Å². The molecule has 0 aromatic rings. The summed E-state index contributed by atoms with van der Waals surface area (Å²) in [6.45, 7) is 10.2. The van der Waals surface area contributed by atoms with Crippen LogP contribution in [0, 0.1) is 23.7 Å². The molecule has 2 heteroatoms. The lowest BCUT2D eigenvalue weighted by Gasteiger charge is -2.36. The van der Waals surface area contributed by atoms with E-state index in [2.05, 4.69) is 25.7 Å². The molecule has 2 unspecified atom stereocenters. The van der Waals surface area contributed by atoms with Crippen LogP contribution >= 0.6 is 0 Å². The molecule has 0 N–H and O–H groups in total. The van der Waals surface area contributed by atoms with E-state index in [1.54, 1.807) is 0 Å². The molecular weight excluding hydrogens is 234 g/mol. The predicted molar refractivity (Wildman–Crippen MR) is 80.1 cm³/mol. The summed E-state index contributed by atoms with van der Waals surface area (Å²) in [5.41, 5.74) is 0. The van der Waals surface area contributed by atoms with Crippen molar-refractivity contribution in [1.82, 2.24) is 4.90 Å². The van der Waals surface area contributed by atoms with Crippen LogP contribution in [0.2, 0.25) is 0 Å². The predicted octanol–water partition coefficient (Wildman–Crippen LogP) is 3.75. The molecule has 0 heterocycles. The molecule has 2 saturated carbocycles. The number of nitrogens with zero attached hydrogens (tertiary/aromatic N) is 1. The van der Waals surface area contributed by atoms with Gasteiger partial charge in [-0.15, -0.1) is 0 Å². The summed E-state index contributed by atoms with van der Waals surface area (Å²) in [6.07, 6.45) is 7.32. The van der Waals surface area contributed by atoms with Gasteiger partial charge in [0.05, 0.1) is 0 Å². The Morgan fingerprint density at radius 2 is 1.95 bits per heavy atom. The Hall–Kier alpha value is -0.370. The molecule has 0 amide bonds. The summed E-state index contributed by atoms with van der Waals surface area (Å²) in [5, 5.41) is 0. The largest absolute Gasteiger partial charge is 0.303 e. The highest BCUT2D eigenvalue weighted by Gasteiger charge is 2.31. The standard InChI is InChI=1S/C17H31NO/c1-4-18(11-14-6-5-7-14)12-16-10-15(13(2)3)8-9-17(16)19/h13-16H,4-12H2,1-3H3. The Morgan fingerprint density at radius 1 is 1.21 bits per heavy atom. The second-order valence-corrected chi connectivity index (χ2v) is 7.09. The van der Waals surface area contributed by atoms with Crippen LogP contribution < -0.4 is 0 Å². The summed E-state index contributed by atoms with van der Waals surface area (Å²) in [6, 6.07) is 0. The summed E-state index contributed by atoms with van der Waals surface area (Å²) >= 11 is 0. The number of carbonyl (C=O) groups is 1. The van der Waals surface area contributed by atoms with Crippen molar-refractivity contribution in [2.24, 2.45) is 23.7 Å². The van der Waals surface area contributed by atoms with Gasteiger partial charge in [-0.05, 0) is 50.0 Å². The lowest BCUT2D eigenvalue weighted by atomic mass is 9.75. The van der Waals surface area contributed by atoms with Crippen LogP contribution in [-0.2, 0) is 4.79 Å². The third-order valence-corrected chi connectivity index (χ3v) is 5.41. The van der Waals surface area contributed by atoms with Crippen molar-refractivity contribution in [2.75, 3.05) is 19.6 Å². The SMILES string of the molecule is CCN(CC1CCC1)CC1CC(C(C)C)CCC1=O. The minimum Gasteiger partial charge on any atom is -0.303 e. The molecule has 2 nitrogen and oxygen atoms in total. The first-order valence-electron chi connectivity index (χ1n) is 8.35. The molecule has 2 aliphatic carbocycles. The molecule has 19 heavy (non-hydrogen) atoms. The smallest absolute Gasteiger partial charge is 0.137 e. The van der Waals surface area contributed by atoms with Crippen molar-refractivity contribution in [3.8, 4) is 0 Å². The lowest BCUT2D eigenvalue weighted by molar-refractivity contribution is -0.126. The number of hydrogen-bond donors (Lipinski definition) is 0. The first kappa shape index (κ1) is 15.0. The number of Topliss-reactive ketones (excluding diaryl/α,β-unsaturated/α-hetero) is 1. The van der Waals surface area contributed by atoms with Crippen LogP contribution in [0.25, 0.3) is 0 Å². The van der Waals surface area contributed by atoms with Gasteiger partial charge in [-0.2, -0.15) is 0 Å². The highest BCUT2D eigenvalue weighted by molar-refractivity contribution is 5.82. The van der Waals surface area contributed by atoms with Gasteiger partial charge in [0.1, 0.15) is 5.78 Å². The maximum Gasteiger partial charge on any atom is 0.137 e. The van der Waals surface area contributed by atoms with E-state index >= 15 is 0 Å². The molecule has 0 radical (unpaired) electrons. The number of ketones is 1. The summed E-state index contributed by atoms with van der Waals surface area (Å²) in [5.74, 6) is 3.27. The first-order valence-corrected chi connectivity index (χ1v) is 8.35. The normalized spacial score (nSPS) is 29.0. The van der Waals surface area contributed by atoms with Gasteiger partial charge in [0.15, 0.2) is 0 Å². The molecule has 2 atom stereocenters. The van der Waals surface area contributed by atoms with Gasteiger partial charge in [-0.25, -0.2) is 0 Å². The molecule has 0 aromatic carbocycles. The fraction of sp³-hybridized carbons (Fsp3) is 0.941. The van der Waals surface area contributed by atoms with Gasteiger partial charge >= 0.3 is 0 Å². The fourth-order valence-corrected chi connectivity index (χ4v) is 3.61. The van der Waals surface area contributed by atoms with Crippen molar-refractivity contribution in [3.05, 3.63) is 0 Å². The Bertz CT molecular complexity index is 296. The number of rotatable bonds is 6. The maximum absolute atomic E-state index is 12.2. The van der Waals surface area contributed by atoms with Gasteiger partial charge in [0.25, 0.3) is 0 Å². The Balaban J connectivity index is 1.85.